The summed E-state index contributed by atoms with van der Waals surface area (Å²) in [7, 11) is 0. The number of rotatable bonds is 7. The van der Waals surface area contributed by atoms with Crippen LogP contribution in [0.1, 0.15) is 46.6 Å². The number of aromatic nitrogens is 2. The lowest BCUT2D eigenvalue weighted by atomic mass is 9.95. The largest absolute Gasteiger partial charge is 0.507 e. The first-order chi connectivity index (χ1) is 14.5. The molecule has 1 aliphatic rings. The van der Waals surface area contributed by atoms with Gasteiger partial charge in [-0.1, -0.05) is 23.8 Å². The number of aromatic amines is 1. The third-order valence-electron chi connectivity index (χ3n) is 5.31. The number of benzene rings is 2. The lowest BCUT2D eigenvalue weighted by Gasteiger charge is -2.26. The summed E-state index contributed by atoms with van der Waals surface area (Å²) in [6, 6.07) is 12.6. The quantitative estimate of drug-likeness (QED) is 0.557. The molecule has 1 unspecified atom stereocenters. The molecule has 30 heavy (non-hydrogen) atoms. The van der Waals surface area contributed by atoms with E-state index in [1.807, 2.05) is 50.2 Å². The molecule has 4 rings (SSSR count). The number of phenols is 1. The summed E-state index contributed by atoms with van der Waals surface area (Å²) in [5, 5.41) is 27.1. The average Bonchev–Trinajstić information content (AvgIpc) is 3.28. The molecule has 3 N–H and O–H groups in total. The van der Waals surface area contributed by atoms with Gasteiger partial charge in [-0.05, 0) is 50.1 Å². The first-order valence-corrected chi connectivity index (χ1v) is 10.1. The molecule has 1 amide bonds. The first-order valence-electron chi connectivity index (χ1n) is 10.1. The van der Waals surface area contributed by atoms with Crippen molar-refractivity contribution in [3.63, 3.8) is 0 Å². The molecule has 7 nitrogen and oxygen atoms in total. The van der Waals surface area contributed by atoms with Gasteiger partial charge in [0.05, 0.1) is 12.6 Å². The van der Waals surface area contributed by atoms with E-state index in [4.69, 9.17) is 4.74 Å². The van der Waals surface area contributed by atoms with Gasteiger partial charge in [-0.2, -0.15) is 5.10 Å². The Kier molecular flexibility index (Phi) is 5.46. The Bertz CT molecular complexity index is 1080. The Morgan fingerprint density at radius 3 is 2.83 bits per heavy atom. The number of hydrogen-bond donors (Lipinski definition) is 3. The second kappa shape index (κ2) is 8.20. The molecule has 1 atom stereocenters. The molecule has 7 heteroatoms. The molecule has 0 saturated heterocycles. The van der Waals surface area contributed by atoms with E-state index in [1.54, 1.807) is 11.0 Å². The number of carbonyl (C=O) groups excluding carboxylic acids is 1. The van der Waals surface area contributed by atoms with Gasteiger partial charge in [0.15, 0.2) is 0 Å². The Morgan fingerprint density at radius 2 is 2.07 bits per heavy atom. The predicted octanol–water partition coefficient (Wildman–Crippen LogP) is 3.42. The Labute approximate surface area is 174 Å². The maximum Gasteiger partial charge on any atom is 0.273 e. The number of nitrogens with zero attached hydrogens (tertiary/aromatic N) is 2. The number of carbonyl (C=O) groups is 1. The lowest BCUT2D eigenvalue weighted by molar-refractivity contribution is 0.0732. The number of phenolic OH excluding ortho intramolecular Hbond substituents is 1. The smallest absolute Gasteiger partial charge is 0.273 e. The number of amides is 1. The number of aromatic hydroxyl groups is 1. The molecule has 1 aromatic heterocycles. The molecule has 0 spiro atoms. The van der Waals surface area contributed by atoms with E-state index in [0.717, 1.165) is 22.4 Å². The van der Waals surface area contributed by atoms with E-state index < -0.39 is 6.04 Å². The van der Waals surface area contributed by atoms with E-state index in [0.29, 0.717) is 36.5 Å². The van der Waals surface area contributed by atoms with Crippen LogP contribution < -0.4 is 4.74 Å². The zero-order valence-corrected chi connectivity index (χ0v) is 17.1. The molecule has 1 aliphatic heterocycles. The molecule has 2 aromatic carbocycles. The molecule has 0 fully saturated rings. The summed E-state index contributed by atoms with van der Waals surface area (Å²) in [6.07, 6.45) is 0.468. The van der Waals surface area contributed by atoms with Crippen molar-refractivity contribution in [2.75, 3.05) is 19.8 Å². The van der Waals surface area contributed by atoms with Crippen LogP contribution in [0.5, 0.6) is 11.5 Å². The Hall–Kier alpha value is -3.32. The minimum Gasteiger partial charge on any atom is -0.507 e. The van der Waals surface area contributed by atoms with Gasteiger partial charge in [-0.25, -0.2) is 0 Å². The normalized spacial score (nSPS) is 15.5. The van der Waals surface area contributed by atoms with Crippen LogP contribution in [0.2, 0.25) is 0 Å². The predicted molar refractivity (Wildman–Crippen MR) is 113 cm³/mol. The van der Waals surface area contributed by atoms with Crippen LogP contribution in [-0.4, -0.2) is 51.0 Å². The van der Waals surface area contributed by atoms with Crippen LogP contribution in [0.25, 0.3) is 11.3 Å². The fourth-order valence-electron chi connectivity index (χ4n) is 4.00. The van der Waals surface area contributed by atoms with Gasteiger partial charge in [-0.3, -0.25) is 9.89 Å². The Morgan fingerprint density at radius 1 is 1.23 bits per heavy atom. The SMILES string of the molecule is CCOc1cccc(C2c3c(-c4cc(C)ccc4O)n[nH]c3C(=O)N2CCCO)c1. The molecule has 2 heterocycles. The van der Waals surface area contributed by atoms with Crippen molar-refractivity contribution in [2.45, 2.75) is 26.3 Å². The Balaban J connectivity index is 1.88. The van der Waals surface area contributed by atoms with E-state index in [1.165, 1.54) is 0 Å². The van der Waals surface area contributed by atoms with Crippen LogP contribution in [0.15, 0.2) is 42.5 Å². The summed E-state index contributed by atoms with van der Waals surface area (Å²) in [4.78, 5) is 14.9. The number of ether oxygens (including phenoxy) is 1. The topological polar surface area (TPSA) is 98.7 Å². The lowest BCUT2D eigenvalue weighted by Crippen LogP contribution is -2.31. The molecular weight excluding hydrogens is 382 g/mol. The van der Waals surface area contributed by atoms with Gasteiger partial charge in [0.1, 0.15) is 22.9 Å². The number of aliphatic hydroxyl groups excluding tert-OH is 1. The average molecular weight is 407 g/mol. The maximum absolute atomic E-state index is 13.2. The van der Waals surface area contributed by atoms with Crippen LogP contribution >= 0.6 is 0 Å². The van der Waals surface area contributed by atoms with E-state index >= 15 is 0 Å². The monoisotopic (exact) mass is 407 g/mol. The van der Waals surface area contributed by atoms with Crippen LogP contribution in [0.4, 0.5) is 0 Å². The highest BCUT2D eigenvalue weighted by Crippen LogP contribution is 2.45. The fourth-order valence-corrected chi connectivity index (χ4v) is 4.00. The van der Waals surface area contributed by atoms with Gasteiger partial charge < -0.3 is 19.8 Å². The molecule has 3 aromatic rings. The van der Waals surface area contributed by atoms with Crippen LogP contribution in [-0.2, 0) is 0 Å². The van der Waals surface area contributed by atoms with Crippen molar-refractivity contribution in [1.82, 2.24) is 15.1 Å². The fraction of sp³-hybridized carbons (Fsp3) is 0.304. The van der Waals surface area contributed by atoms with Crippen LogP contribution in [0.3, 0.4) is 0 Å². The van der Waals surface area contributed by atoms with Crippen LogP contribution in [0, 0.1) is 6.92 Å². The minimum atomic E-state index is -0.395. The van der Waals surface area contributed by atoms with Crippen molar-refractivity contribution in [1.29, 1.82) is 0 Å². The van der Waals surface area contributed by atoms with Crippen molar-refractivity contribution >= 4 is 5.91 Å². The molecular formula is C23H25N3O4. The zero-order chi connectivity index (χ0) is 21.3. The second-order valence-corrected chi connectivity index (χ2v) is 7.37. The molecule has 0 aliphatic carbocycles. The number of H-pyrrole nitrogens is 1. The summed E-state index contributed by atoms with van der Waals surface area (Å²) >= 11 is 0. The number of aryl methyl sites for hydroxylation is 1. The molecule has 0 radical (unpaired) electrons. The van der Waals surface area contributed by atoms with Gasteiger partial charge in [0.25, 0.3) is 5.91 Å². The molecule has 0 bridgehead atoms. The minimum absolute atomic E-state index is 0.00675. The summed E-state index contributed by atoms with van der Waals surface area (Å²) < 4.78 is 5.66. The van der Waals surface area contributed by atoms with Crippen molar-refractivity contribution in [2.24, 2.45) is 0 Å². The summed E-state index contributed by atoms with van der Waals surface area (Å²) in [5.41, 5.74) is 4.15. The second-order valence-electron chi connectivity index (χ2n) is 7.37. The van der Waals surface area contributed by atoms with Gasteiger partial charge >= 0.3 is 0 Å². The van der Waals surface area contributed by atoms with Gasteiger partial charge in [-0.15, -0.1) is 0 Å². The van der Waals surface area contributed by atoms with Gasteiger partial charge in [0, 0.05) is 24.3 Å². The number of nitrogens with one attached hydrogen (secondary N) is 1. The van der Waals surface area contributed by atoms with Crippen molar-refractivity contribution in [3.05, 3.63) is 64.8 Å². The first kappa shape index (κ1) is 20.0. The third-order valence-corrected chi connectivity index (χ3v) is 5.31. The highest BCUT2D eigenvalue weighted by atomic mass is 16.5. The van der Waals surface area contributed by atoms with Crippen molar-refractivity contribution < 1.29 is 19.7 Å². The zero-order valence-electron chi connectivity index (χ0n) is 17.1. The van der Waals surface area contributed by atoms with E-state index in [2.05, 4.69) is 10.2 Å². The number of fused-ring (bicyclic) bond motifs is 1. The van der Waals surface area contributed by atoms with E-state index in [-0.39, 0.29) is 18.3 Å². The molecule has 156 valence electrons. The maximum atomic E-state index is 13.2. The standard InChI is InChI=1S/C23H25N3O4/c1-3-30-16-7-4-6-15(13-16)22-19-20(17-12-14(2)8-9-18(17)28)24-25-21(19)23(29)26(22)10-5-11-27/h4,6-9,12-13,22,27-28H,3,5,10-11H2,1-2H3,(H,24,25). The van der Waals surface area contributed by atoms with E-state index in [9.17, 15) is 15.0 Å². The van der Waals surface area contributed by atoms with Crippen molar-refractivity contribution in [3.8, 4) is 22.8 Å². The number of aliphatic hydroxyl groups is 1. The summed E-state index contributed by atoms with van der Waals surface area (Å²) in [6.45, 7) is 4.80. The third kappa shape index (κ3) is 3.41. The molecule has 0 saturated carbocycles. The number of hydrogen-bond acceptors (Lipinski definition) is 5. The summed E-state index contributed by atoms with van der Waals surface area (Å²) in [5.74, 6) is 0.663. The van der Waals surface area contributed by atoms with Gasteiger partial charge in [0.2, 0.25) is 0 Å². The highest BCUT2D eigenvalue weighted by molar-refractivity contribution is 6.00. The highest BCUT2D eigenvalue weighted by Gasteiger charge is 2.42.